The molecular formula is C10H15N3O2S. The van der Waals surface area contributed by atoms with E-state index in [1.54, 1.807) is 13.1 Å². The van der Waals surface area contributed by atoms with Gasteiger partial charge in [-0.1, -0.05) is 6.58 Å². The molecule has 0 aromatic carbocycles. The Balaban J connectivity index is 4.53. The number of nitrogens with zero attached hydrogens (tertiary/aromatic N) is 2. The SMILES string of the molecule is C=CS(=O)CCN(C)C(=N)/C(C#N)=C(\C)O. The van der Waals surface area contributed by atoms with Crippen molar-refractivity contribution in [2.75, 3.05) is 19.3 Å². The van der Waals surface area contributed by atoms with Gasteiger partial charge in [0, 0.05) is 30.1 Å². The van der Waals surface area contributed by atoms with Gasteiger partial charge in [0.1, 0.15) is 23.2 Å². The number of rotatable bonds is 5. The van der Waals surface area contributed by atoms with Crippen molar-refractivity contribution < 1.29 is 9.32 Å². The highest BCUT2D eigenvalue weighted by Crippen LogP contribution is 2.04. The average Bonchev–Trinajstić information content (AvgIpc) is 2.25. The highest BCUT2D eigenvalue weighted by atomic mass is 32.2. The van der Waals surface area contributed by atoms with E-state index in [9.17, 15) is 4.21 Å². The van der Waals surface area contributed by atoms with Gasteiger partial charge in [0.25, 0.3) is 0 Å². The number of aliphatic hydroxyl groups excluding tert-OH is 1. The van der Waals surface area contributed by atoms with E-state index in [1.807, 2.05) is 0 Å². The molecule has 1 unspecified atom stereocenters. The number of nitrogens with one attached hydrogen (secondary N) is 1. The second kappa shape index (κ2) is 6.80. The Bertz CT molecular complexity index is 378. The second-order valence-electron chi connectivity index (χ2n) is 3.09. The fourth-order valence-corrected chi connectivity index (χ4v) is 1.54. The molecule has 0 spiro atoms. The summed E-state index contributed by atoms with van der Waals surface area (Å²) in [6.07, 6.45) is 0. The number of aliphatic hydroxyl groups is 1. The average molecular weight is 241 g/mol. The molecule has 5 nitrogen and oxygen atoms in total. The highest BCUT2D eigenvalue weighted by molar-refractivity contribution is 7.87. The lowest BCUT2D eigenvalue weighted by Gasteiger charge is -2.18. The Morgan fingerprint density at radius 1 is 1.75 bits per heavy atom. The number of likely N-dealkylation sites (N-methyl/N-ethyl adjacent to an activating group) is 1. The van der Waals surface area contributed by atoms with Crippen LogP contribution in [0.3, 0.4) is 0 Å². The monoisotopic (exact) mass is 241 g/mol. The van der Waals surface area contributed by atoms with E-state index < -0.39 is 10.8 Å². The molecule has 0 aromatic rings. The van der Waals surface area contributed by atoms with Crippen LogP contribution in [0.2, 0.25) is 0 Å². The van der Waals surface area contributed by atoms with Crippen LogP contribution < -0.4 is 0 Å². The van der Waals surface area contributed by atoms with Crippen molar-refractivity contribution in [3.63, 3.8) is 0 Å². The fourth-order valence-electron chi connectivity index (χ4n) is 0.918. The van der Waals surface area contributed by atoms with Crippen molar-refractivity contribution in [2.24, 2.45) is 0 Å². The molecule has 1 atom stereocenters. The van der Waals surface area contributed by atoms with Crippen molar-refractivity contribution in [2.45, 2.75) is 6.92 Å². The Morgan fingerprint density at radius 2 is 2.31 bits per heavy atom. The summed E-state index contributed by atoms with van der Waals surface area (Å²) in [7, 11) is 0.474. The highest BCUT2D eigenvalue weighted by Gasteiger charge is 2.13. The van der Waals surface area contributed by atoms with Crippen LogP contribution in [-0.4, -0.2) is 39.4 Å². The van der Waals surface area contributed by atoms with E-state index >= 15 is 0 Å². The molecule has 88 valence electrons. The third-order valence-electron chi connectivity index (χ3n) is 1.91. The van der Waals surface area contributed by atoms with Crippen LogP contribution in [0.25, 0.3) is 0 Å². The number of hydrogen-bond acceptors (Lipinski definition) is 4. The molecule has 0 heterocycles. The van der Waals surface area contributed by atoms with E-state index in [0.29, 0.717) is 12.3 Å². The molecule has 0 aliphatic carbocycles. The summed E-state index contributed by atoms with van der Waals surface area (Å²) in [6, 6.07) is 1.75. The lowest BCUT2D eigenvalue weighted by molar-refractivity contribution is 0.410. The molecule has 0 saturated heterocycles. The molecule has 0 aliphatic rings. The number of allylic oxidation sites excluding steroid dienone is 1. The topological polar surface area (TPSA) is 88.2 Å². The largest absolute Gasteiger partial charge is 0.511 e. The van der Waals surface area contributed by atoms with E-state index in [2.05, 4.69) is 6.58 Å². The normalized spacial score (nSPS) is 13.3. The summed E-state index contributed by atoms with van der Waals surface area (Å²) in [5.41, 5.74) is -0.0770. The van der Waals surface area contributed by atoms with Gasteiger partial charge in [0.2, 0.25) is 0 Å². The third kappa shape index (κ3) is 4.28. The van der Waals surface area contributed by atoms with E-state index in [1.165, 1.54) is 17.2 Å². The van der Waals surface area contributed by atoms with Crippen molar-refractivity contribution in [1.82, 2.24) is 4.90 Å². The third-order valence-corrected chi connectivity index (χ3v) is 2.86. The summed E-state index contributed by atoms with van der Waals surface area (Å²) in [5, 5.41) is 26.9. The van der Waals surface area contributed by atoms with E-state index in [4.69, 9.17) is 15.8 Å². The van der Waals surface area contributed by atoms with Gasteiger partial charge >= 0.3 is 0 Å². The zero-order valence-corrected chi connectivity index (χ0v) is 10.2. The van der Waals surface area contributed by atoms with Crippen LogP contribution in [0.1, 0.15) is 6.92 Å². The number of nitriles is 1. The Hall–Kier alpha value is -1.61. The maximum Gasteiger partial charge on any atom is 0.142 e. The minimum Gasteiger partial charge on any atom is -0.511 e. The molecule has 0 amide bonds. The zero-order valence-electron chi connectivity index (χ0n) is 9.36. The van der Waals surface area contributed by atoms with E-state index in [-0.39, 0.29) is 17.2 Å². The first-order valence-electron chi connectivity index (χ1n) is 4.53. The van der Waals surface area contributed by atoms with Crippen molar-refractivity contribution in [1.29, 1.82) is 10.7 Å². The first kappa shape index (κ1) is 14.4. The van der Waals surface area contributed by atoms with Crippen LogP contribution in [0.4, 0.5) is 0 Å². The van der Waals surface area contributed by atoms with Gasteiger partial charge in [0.05, 0.1) is 0 Å². The molecule has 0 saturated carbocycles. The molecule has 0 rings (SSSR count). The Labute approximate surface area is 97.7 Å². The standard InChI is InChI=1S/C10H15N3O2S/c1-4-16(15)6-5-13(3)10(12)9(7-11)8(2)14/h4,12,14H,1,5-6H2,2-3H3/b9-8+,12-10?. The van der Waals surface area contributed by atoms with Gasteiger partial charge in [-0.3, -0.25) is 9.62 Å². The fraction of sp³-hybridized carbons (Fsp3) is 0.400. The summed E-state index contributed by atoms with van der Waals surface area (Å²) >= 11 is 0. The summed E-state index contributed by atoms with van der Waals surface area (Å²) in [6.45, 7) is 5.10. The summed E-state index contributed by atoms with van der Waals surface area (Å²) in [4.78, 5) is 1.46. The lowest BCUT2D eigenvalue weighted by atomic mass is 10.2. The molecule has 6 heteroatoms. The second-order valence-corrected chi connectivity index (χ2v) is 4.60. The maximum atomic E-state index is 11.1. The van der Waals surface area contributed by atoms with Crippen molar-refractivity contribution >= 4 is 16.6 Å². The van der Waals surface area contributed by atoms with Gasteiger partial charge in [-0.2, -0.15) is 5.26 Å². The smallest absolute Gasteiger partial charge is 0.142 e. The quantitative estimate of drug-likeness (QED) is 0.327. The Kier molecular flexibility index (Phi) is 6.11. The van der Waals surface area contributed by atoms with Crippen LogP contribution in [0.15, 0.2) is 23.3 Å². The predicted molar refractivity (Wildman–Crippen MR) is 64.5 cm³/mol. The van der Waals surface area contributed by atoms with Crippen LogP contribution in [0.5, 0.6) is 0 Å². The van der Waals surface area contributed by atoms with Crippen LogP contribution in [-0.2, 0) is 10.8 Å². The number of amidine groups is 1. The molecule has 2 N–H and O–H groups in total. The van der Waals surface area contributed by atoms with Gasteiger partial charge in [0.15, 0.2) is 0 Å². The summed E-state index contributed by atoms with van der Waals surface area (Å²) < 4.78 is 11.1. The van der Waals surface area contributed by atoms with Crippen LogP contribution in [0, 0.1) is 16.7 Å². The van der Waals surface area contributed by atoms with Gasteiger partial charge in [-0.15, -0.1) is 0 Å². The Morgan fingerprint density at radius 3 is 2.69 bits per heavy atom. The number of hydrogen-bond donors (Lipinski definition) is 2. The van der Waals surface area contributed by atoms with Crippen LogP contribution >= 0.6 is 0 Å². The maximum absolute atomic E-state index is 11.1. The molecule has 0 aliphatic heterocycles. The molecule has 0 aromatic heterocycles. The minimum atomic E-state index is -1.13. The molecular weight excluding hydrogens is 226 g/mol. The predicted octanol–water partition coefficient (Wildman–Crippen LogP) is 1.14. The molecule has 0 fully saturated rings. The lowest BCUT2D eigenvalue weighted by Crippen LogP contribution is -2.31. The first-order valence-corrected chi connectivity index (χ1v) is 5.92. The molecule has 0 bridgehead atoms. The van der Waals surface area contributed by atoms with Crippen molar-refractivity contribution in [3.8, 4) is 6.07 Å². The molecule has 16 heavy (non-hydrogen) atoms. The minimum absolute atomic E-state index is 0.0770. The first-order chi connectivity index (χ1) is 7.43. The zero-order chi connectivity index (χ0) is 12.7. The van der Waals surface area contributed by atoms with E-state index in [0.717, 1.165) is 0 Å². The van der Waals surface area contributed by atoms with Gasteiger partial charge in [-0.25, -0.2) is 0 Å². The molecule has 0 radical (unpaired) electrons. The summed E-state index contributed by atoms with van der Waals surface area (Å²) in [5.74, 6) is 0.0683. The van der Waals surface area contributed by atoms with Gasteiger partial charge in [-0.05, 0) is 12.3 Å². The van der Waals surface area contributed by atoms with Gasteiger partial charge < -0.3 is 10.0 Å². The van der Waals surface area contributed by atoms with Crippen molar-refractivity contribution in [3.05, 3.63) is 23.3 Å².